The molecule has 21 heavy (non-hydrogen) atoms. The van der Waals surface area contributed by atoms with Gasteiger partial charge in [0.25, 0.3) is 5.91 Å². The Morgan fingerprint density at radius 1 is 1.10 bits per heavy atom. The van der Waals surface area contributed by atoms with E-state index in [-0.39, 0.29) is 12.1 Å². The Bertz CT molecular complexity index is 691. The number of benzene rings is 2. The summed E-state index contributed by atoms with van der Waals surface area (Å²) in [6.45, 7) is 0. The van der Waals surface area contributed by atoms with Gasteiger partial charge in [-0.15, -0.1) is 0 Å². The first-order valence-electron chi connectivity index (χ1n) is 6.92. The molecule has 3 rings (SSSR count). The molecular formula is C17H15N3O. The normalized spacial score (nSPS) is 16.8. The summed E-state index contributed by atoms with van der Waals surface area (Å²) in [6.07, 6.45) is 0.788. The van der Waals surface area contributed by atoms with Crippen molar-refractivity contribution in [2.75, 3.05) is 10.2 Å². The Morgan fingerprint density at radius 3 is 2.57 bits per heavy atom. The minimum absolute atomic E-state index is 0.0292. The number of nitriles is 1. The van der Waals surface area contributed by atoms with E-state index in [0.29, 0.717) is 18.4 Å². The smallest absolute Gasteiger partial charge is 0.262 e. The highest BCUT2D eigenvalue weighted by Crippen LogP contribution is 2.30. The minimum atomic E-state index is -0.200. The Balaban J connectivity index is 2.02. The van der Waals surface area contributed by atoms with Crippen molar-refractivity contribution in [1.29, 1.82) is 5.26 Å². The predicted molar refractivity (Wildman–Crippen MR) is 82.0 cm³/mol. The van der Waals surface area contributed by atoms with Crippen molar-refractivity contribution in [3.05, 3.63) is 60.2 Å². The lowest BCUT2D eigenvalue weighted by Crippen LogP contribution is -2.49. The first-order chi connectivity index (χ1) is 10.3. The Hall–Kier alpha value is -2.80. The van der Waals surface area contributed by atoms with Gasteiger partial charge in [0.1, 0.15) is 6.17 Å². The van der Waals surface area contributed by atoms with Gasteiger partial charge in [-0.1, -0.05) is 30.3 Å². The second-order valence-corrected chi connectivity index (χ2v) is 4.91. The number of fused-ring (bicyclic) bond motifs is 1. The maximum absolute atomic E-state index is 12.8. The van der Waals surface area contributed by atoms with Crippen LogP contribution in [-0.4, -0.2) is 12.1 Å². The highest BCUT2D eigenvalue weighted by molar-refractivity contribution is 6.12. The summed E-state index contributed by atoms with van der Waals surface area (Å²) in [5.74, 6) is -0.0292. The van der Waals surface area contributed by atoms with Crippen molar-refractivity contribution >= 4 is 17.3 Å². The second-order valence-electron chi connectivity index (χ2n) is 4.91. The Labute approximate surface area is 123 Å². The molecule has 104 valence electrons. The summed E-state index contributed by atoms with van der Waals surface area (Å²) < 4.78 is 0. The van der Waals surface area contributed by atoms with Crippen molar-refractivity contribution < 1.29 is 4.79 Å². The number of rotatable bonds is 3. The molecule has 1 aliphatic heterocycles. The average Bonchev–Trinajstić information content (AvgIpc) is 2.54. The number of hydrogen-bond donors (Lipinski definition) is 1. The van der Waals surface area contributed by atoms with E-state index in [0.717, 1.165) is 11.4 Å². The third kappa shape index (κ3) is 2.46. The van der Waals surface area contributed by atoms with Gasteiger partial charge in [-0.05, 0) is 30.7 Å². The van der Waals surface area contributed by atoms with E-state index in [1.54, 1.807) is 4.90 Å². The van der Waals surface area contributed by atoms with Gasteiger partial charge in [0.15, 0.2) is 0 Å². The van der Waals surface area contributed by atoms with E-state index >= 15 is 0 Å². The molecule has 1 atom stereocenters. The summed E-state index contributed by atoms with van der Waals surface area (Å²) in [6, 6.07) is 19.2. The van der Waals surface area contributed by atoms with Crippen molar-refractivity contribution in [2.24, 2.45) is 0 Å². The molecule has 0 spiro atoms. The van der Waals surface area contributed by atoms with E-state index in [1.165, 1.54) is 0 Å². The van der Waals surface area contributed by atoms with Crippen molar-refractivity contribution in [3.63, 3.8) is 0 Å². The molecule has 0 fully saturated rings. The van der Waals surface area contributed by atoms with Gasteiger partial charge in [0, 0.05) is 17.8 Å². The fraction of sp³-hybridized carbons (Fsp3) is 0.176. The molecule has 1 unspecified atom stereocenters. The predicted octanol–water partition coefficient (Wildman–Crippen LogP) is 3.39. The molecule has 1 amide bonds. The third-order valence-electron chi connectivity index (χ3n) is 3.57. The van der Waals surface area contributed by atoms with Crippen LogP contribution in [0.2, 0.25) is 0 Å². The van der Waals surface area contributed by atoms with Crippen LogP contribution in [0.25, 0.3) is 0 Å². The second kappa shape index (κ2) is 5.68. The van der Waals surface area contributed by atoms with Crippen LogP contribution in [0.3, 0.4) is 0 Å². The zero-order valence-electron chi connectivity index (χ0n) is 11.5. The largest absolute Gasteiger partial charge is 0.364 e. The molecule has 0 saturated heterocycles. The Kier molecular flexibility index (Phi) is 3.57. The molecule has 4 nitrogen and oxygen atoms in total. The minimum Gasteiger partial charge on any atom is -0.364 e. The number of hydrogen-bond acceptors (Lipinski definition) is 3. The van der Waals surface area contributed by atoms with Gasteiger partial charge >= 0.3 is 0 Å². The summed E-state index contributed by atoms with van der Waals surface area (Å²) in [4.78, 5) is 14.5. The molecular weight excluding hydrogens is 262 g/mol. The summed E-state index contributed by atoms with van der Waals surface area (Å²) in [7, 11) is 0. The molecule has 2 aromatic carbocycles. The molecule has 4 heteroatoms. The highest BCUT2D eigenvalue weighted by Gasteiger charge is 2.32. The molecule has 0 saturated carbocycles. The number of nitrogens with one attached hydrogen (secondary N) is 1. The van der Waals surface area contributed by atoms with Gasteiger partial charge < -0.3 is 5.32 Å². The summed E-state index contributed by atoms with van der Waals surface area (Å²) in [5, 5.41) is 12.2. The van der Waals surface area contributed by atoms with Crippen molar-refractivity contribution in [1.82, 2.24) is 0 Å². The van der Waals surface area contributed by atoms with Crippen LogP contribution in [0.5, 0.6) is 0 Å². The average molecular weight is 277 g/mol. The molecule has 1 heterocycles. The van der Waals surface area contributed by atoms with Gasteiger partial charge in [-0.3, -0.25) is 9.69 Å². The van der Waals surface area contributed by atoms with Crippen LogP contribution in [-0.2, 0) is 0 Å². The first kappa shape index (κ1) is 13.2. The lowest BCUT2D eigenvalue weighted by atomic mass is 10.0. The summed E-state index contributed by atoms with van der Waals surface area (Å²) >= 11 is 0. The molecule has 1 N–H and O–H groups in total. The van der Waals surface area contributed by atoms with Gasteiger partial charge in [-0.2, -0.15) is 5.26 Å². The number of carbonyl (C=O) groups excluding carboxylic acids is 1. The van der Waals surface area contributed by atoms with Gasteiger partial charge in [0.2, 0.25) is 0 Å². The van der Waals surface area contributed by atoms with Gasteiger partial charge in [-0.25, -0.2) is 0 Å². The Morgan fingerprint density at radius 2 is 1.81 bits per heavy atom. The van der Waals surface area contributed by atoms with Crippen LogP contribution < -0.4 is 10.2 Å². The fourth-order valence-corrected chi connectivity index (χ4v) is 2.60. The SMILES string of the molecule is N#CCCC1Nc2ccccc2C(=O)N1c1ccccc1. The van der Waals surface area contributed by atoms with Crippen LogP contribution in [0.15, 0.2) is 54.6 Å². The van der Waals surface area contributed by atoms with Crippen LogP contribution in [0, 0.1) is 11.3 Å². The van der Waals surface area contributed by atoms with Crippen LogP contribution >= 0.6 is 0 Å². The zero-order chi connectivity index (χ0) is 14.7. The third-order valence-corrected chi connectivity index (χ3v) is 3.57. The molecule has 0 aliphatic carbocycles. The number of amides is 1. The van der Waals surface area contributed by atoms with Crippen LogP contribution in [0.4, 0.5) is 11.4 Å². The lowest BCUT2D eigenvalue weighted by molar-refractivity contribution is 0.0974. The zero-order valence-corrected chi connectivity index (χ0v) is 11.5. The number of nitrogens with zero attached hydrogens (tertiary/aromatic N) is 2. The quantitative estimate of drug-likeness (QED) is 0.935. The van der Waals surface area contributed by atoms with E-state index in [2.05, 4.69) is 11.4 Å². The maximum atomic E-state index is 12.8. The molecule has 1 aliphatic rings. The topological polar surface area (TPSA) is 56.1 Å². The first-order valence-corrected chi connectivity index (χ1v) is 6.92. The number of carbonyl (C=O) groups is 1. The standard InChI is InChI=1S/C17H15N3O/c18-12-6-11-16-19-15-10-5-4-9-14(15)17(21)20(16)13-7-2-1-3-8-13/h1-5,7-10,16,19H,6,11H2. The molecule has 0 aromatic heterocycles. The fourth-order valence-electron chi connectivity index (χ4n) is 2.60. The summed E-state index contributed by atoms with van der Waals surface area (Å²) in [5.41, 5.74) is 2.33. The highest BCUT2D eigenvalue weighted by atomic mass is 16.2. The van der Waals surface area contributed by atoms with E-state index in [4.69, 9.17) is 5.26 Å². The maximum Gasteiger partial charge on any atom is 0.262 e. The van der Waals surface area contributed by atoms with Crippen molar-refractivity contribution in [3.8, 4) is 6.07 Å². The van der Waals surface area contributed by atoms with Crippen molar-refractivity contribution in [2.45, 2.75) is 19.0 Å². The van der Waals surface area contributed by atoms with Gasteiger partial charge in [0.05, 0.1) is 11.6 Å². The number of para-hydroxylation sites is 2. The number of anilines is 2. The lowest BCUT2D eigenvalue weighted by Gasteiger charge is -2.37. The molecule has 0 bridgehead atoms. The van der Waals surface area contributed by atoms with E-state index in [9.17, 15) is 4.79 Å². The van der Waals surface area contributed by atoms with E-state index in [1.807, 2.05) is 54.6 Å². The van der Waals surface area contributed by atoms with Crippen LogP contribution in [0.1, 0.15) is 23.2 Å². The van der Waals surface area contributed by atoms with E-state index < -0.39 is 0 Å². The monoisotopic (exact) mass is 277 g/mol. The molecule has 2 aromatic rings. The molecule has 0 radical (unpaired) electrons.